The quantitative estimate of drug-likeness (QED) is 0.857. The lowest BCUT2D eigenvalue weighted by Crippen LogP contribution is -2.31. The topological polar surface area (TPSA) is 59.2 Å². The summed E-state index contributed by atoms with van der Waals surface area (Å²) >= 11 is 5.88. The van der Waals surface area contributed by atoms with Crippen LogP contribution in [0.5, 0.6) is 0 Å². The summed E-state index contributed by atoms with van der Waals surface area (Å²) < 4.78 is 0. The Kier molecular flexibility index (Phi) is 3.91. The molecular formula is C10H14ClN3O. The van der Waals surface area contributed by atoms with Crippen LogP contribution in [-0.4, -0.2) is 28.9 Å². The number of rotatable bonds is 3. The molecule has 0 bridgehead atoms. The number of aromatic nitrogens is 1. The van der Waals surface area contributed by atoms with Crippen molar-refractivity contribution in [1.82, 2.24) is 9.88 Å². The lowest BCUT2D eigenvalue weighted by Gasteiger charge is -2.18. The van der Waals surface area contributed by atoms with E-state index in [-0.39, 0.29) is 11.6 Å². The molecule has 5 heteroatoms. The van der Waals surface area contributed by atoms with E-state index in [4.69, 9.17) is 17.3 Å². The van der Waals surface area contributed by atoms with Crippen molar-refractivity contribution in [3.05, 3.63) is 22.8 Å². The molecule has 0 saturated heterocycles. The first-order valence-electron chi connectivity index (χ1n) is 4.81. The number of pyridine rings is 1. The molecule has 0 aromatic carbocycles. The molecule has 0 aliphatic rings. The second-order valence-electron chi connectivity index (χ2n) is 3.04. The molecule has 0 aliphatic heterocycles. The average molecular weight is 228 g/mol. The van der Waals surface area contributed by atoms with E-state index in [9.17, 15) is 4.79 Å². The van der Waals surface area contributed by atoms with Crippen LogP contribution in [0.3, 0.4) is 0 Å². The summed E-state index contributed by atoms with van der Waals surface area (Å²) in [5.41, 5.74) is 5.73. The van der Waals surface area contributed by atoms with E-state index in [1.165, 1.54) is 0 Å². The number of hydrogen-bond donors (Lipinski definition) is 1. The Morgan fingerprint density at radius 2 is 2.07 bits per heavy atom. The van der Waals surface area contributed by atoms with Crippen LogP contribution >= 0.6 is 11.6 Å². The Labute approximate surface area is 94.0 Å². The minimum absolute atomic E-state index is 0.183. The maximum Gasteiger partial charge on any atom is 0.274 e. The minimum atomic E-state index is -0.183. The molecule has 0 spiro atoms. The lowest BCUT2D eigenvalue weighted by atomic mass is 10.3. The molecule has 1 aromatic heterocycles. The highest BCUT2D eigenvalue weighted by Crippen LogP contribution is 2.16. The summed E-state index contributed by atoms with van der Waals surface area (Å²) in [7, 11) is 0. The van der Waals surface area contributed by atoms with Crippen LogP contribution in [0.4, 0.5) is 5.82 Å². The summed E-state index contributed by atoms with van der Waals surface area (Å²) in [6, 6.07) is 3.15. The van der Waals surface area contributed by atoms with Crippen LogP contribution in [0.15, 0.2) is 12.1 Å². The third kappa shape index (κ3) is 2.59. The number of amides is 1. The summed E-state index contributed by atoms with van der Waals surface area (Å²) in [5, 5.41) is 0.334. The Morgan fingerprint density at radius 1 is 1.47 bits per heavy atom. The SMILES string of the molecule is CCN(CC)C(=O)c1nc(N)ccc1Cl. The van der Waals surface area contributed by atoms with Gasteiger partial charge in [0.25, 0.3) is 5.91 Å². The molecule has 0 unspecified atom stereocenters. The molecule has 82 valence electrons. The zero-order valence-corrected chi connectivity index (χ0v) is 9.58. The van der Waals surface area contributed by atoms with Crippen LogP contribution in [0.1, 0.15) is 24.3 Å². The molecule has 0 aliphatic carbocycles. The van der Waals surface area contributed by atoms with Crippen molar-refractivity contribution in [1.29, 1.82) is 0 Å². The fraction of sp³-hybridized carbons (Fsp3) is 0.400. The third-order valence-electron chi connectivity index (χ3n) is 2.12. The summed E-state index contributed by atoms with van der Waals surface area (Å²) in [5.74, 6) is 0.118. The van der Waals surface area contributed by atoms with Crippen LogP contribution in [0, 0.1) is 0 Å². The van der Waals surface area contributed by atoms with Crippen LogP contribution in [0.25, 0.3) is 0 Å². The normalized spacial score (nSPS) is 10.1. The van der Waals surface area contributed by atoms with E-state index in [0.717, 1.165) is 0 Å². The summed E-state index contributed by atoms with van der Waals surface area (Å²) in [4.78, 5) is 17.5. The Hall–Kier alpha value is -1.29. The van der Waals surface area contributed by atoms with Gasteiger partial charge in [-0.15, -0.1) is 0 Å². The van der Waals surface area contributed by atoms with Gasteiger partial charge in [-0.05, 0) is 26.0 Å². The van der Waals surface area contributed by atoms with Gasteiger partial charge in [-0.1, -0.05) is 11.6 Å². The van der Waals surface area contributed by atoms with Crippen molar-refractivity contribution >= 4 is 23.3 Å². The third-order valence-corrected chi connectivity index (χ3v) is 2.43. The fourth-order valence-electron chi connectivity index (χ4n) is 1.27. The predicted molar refractivity (Wildman–Crippen MR) is 60.9 cm³/mol. The smallest absolute Gasteiger partial charge is 0.274 e. The number of carbonyl (C=O) groups is 1. The number of carbonyl (C=O) groups excluding carboxylic acids is 1. The lowest BCUT2D eigenvalue weighted by molar-refractivity contribution is 0.0767. The largest absolute Gasteiger partial charge is 0.384 e. The van der Waals surface area contributed by atoms with Crippen molar-refractivity contribution in [2.75, 3.05) is 18.8 Å². The van der Waals surface area contributed by atoms with Gasteiger partial charge in [0.05, 0.1) is 5.02 Å². The molecule has 0 fully saturated rings. The van der Waals surface area contributed by atoms with Gasteiger partial charge in [-0.3, -0.25) is 4.79 Å². The molecule has 1 aromatic rings. The molecule has 0 saturated carbocycles. The Balaban J connectivity index is 3.04. The van der Waals surface area contributed by atoms with Gasteiger partial charge >= 0.3 is 0 Å². The zero-order valence-electron chi connectivity index (χ0n) is 8.83. The molecule has 15 heavy (non-hydrogen) atoms. The standard InChI is InChI=1S/C10H14ClN3O/c1-3-14(4-2)10(15)9-7(11)5-6-8(12)13-9/h5-6H,3-4H2,1-2H3,(H2,12,13). The summed E-state index contributed by atoms with van der Waals surface area (Å²) in [6.07, 6.45) is 0. The Morgan fingerprint density at radius 3 is 2.60 bits per heavy atom. The minimum Gasteiger partial charge on any atom is -0.384 e. The monoisotopic (exact) mass is 227 g/mol. The fourth-order valence-corrected chi connectivity index (χ4v) is 1.45. The van der Waals surface area contributed by atoms with Gasteiger partial charge in [0.1, 0.15) is 11.5 Å². The maximum absolute atomic E-state index is 11.9. The highest BCUT2D eigenvalue weighted by atomic mass is 35.5. The molecular weight excluding hydrogens is 214 g/mol. The highest BCUT2D eigenvalue weighted by Gasteiger charge is 2.17. The van der Waals surface area contributed by atoms with E-state index in [1.807, 2.05) is 13.8 Å². The average Bonchev–Trinajstić information content (AvgIpc) is 2.23. The van der Waals surface area contributed by atoms with Crippen molar-refractivity contribution in [3.63, 3.8) is 0 Å². The number of nitrogens with zero attached hydrogens (tertiary/aromatic N) is 2. The molecule has 1 rings (SSSR count). The van der Waals surface area contributed by atoms with Crippen molar-refractivity contribution in [2.24, 2.45) is 0 Å². The molecule has 0 radical (unpaired) electrons. The summed E-state index contributed by atoms with van der Waals surface area (Å²) in [6.45, 7) is 5.06. The molecule has 0 atom stereocenters. The van der Waals surface area contributed by atoms with Gasteiger partial charge < -0.3 is 10.6 Å². The van der Waals surface area contributed by atoms with Gasteiger partial charge in [0.15, 0.2) is 0 Å². The maximum atomic E-state index is 11.9. The van der Waals surface area contributed by atoms with Crippen LogP contribution < -0.4 is 5.73 Å². The Bertz CT molecular complexity index is 364. The van der Waals surface area contributed by atoms with E-state index in [1.54, 1.807) is 17.0 Å². The number of nitrogen functional groups attached to an aromatic ring is 1. The van der Waals surface area contributed by atoms with Crippen LogP contribution in [0.2, 0.25) is 5.02 Å². The van der Waals surface area contributed by atoms with E-state index < -0.39 is 0 Å². The zero-order chi connectivity index (χ0) is 11.4. The second kappa shape index (κ2) is 4.98. The highest BCUT2D eigenvalue weighted by molar-refractivity contribution is 6.33. The number of halogens is 1. The molecule has 2 N–H and O–H groups in total. The van der Waals surface area contributed by atoms with E-state index in [2.05, 4.69) is 4.98 Å². The van der Waals surface area contributed by atoms with E-state index >= 15 is 0 Å². The van der Waals surface area contributed by atoms with Gasteiger partial charge in [-0.2, -0.15) is 0 Å². The van der Waals surface area contributed by atoms with E-state index in [0.29, 0.717) is 23.9 Å². The first-order chi connectivity index (χ1) is 7.10. The van der Waals surface area contributed by atoms with Gasteiger partial charge in [0.2, 0.25) is 0 Å². The molecule has 1 heterocycles. The number of hydrogen-bond acceptors (Lipinski definition) is 3. The number of anilines is 1. The first kappa shape index (κ1) is 11.8. The first-order valence-corrected chi connectivity index (χ1v) is 5.19. The van der Waals surface area contributed by atoms with Gasteiger partial charge in [-0.25, -0.2) is 4.98 Å². The number of nitrogens with two attached hydrogens (primary N) is 1. The second-order valence-corrected chi connectivity index (χ2v) is 3.45. The van der Waals surface area contributed by atoms with Crippen LogP contribution in [-0.2, 0) is 0 Å². The van der Waals surface area contributed by atoms with Crippen molar-refractivity contribution < 1.29 is 4.79 Å². The van der Waals surface area contributed by atoms with Crippen molar-refractivity contribution in [2.45, 2.75) is 13.8 Å². The predicted octanol–water partition coefficient (Wildman–Crippen LogP) is 1.80. The molecule has 1 amide bonds. The van der Waals surface area contributed by atoms with Crippen molar-refractivity contribution in [3.8, 4) is 0 Å². The van der Waals surface area contributed by atoms with Gasteiger partial charge in [0, 0.05) is 13.1 Å². The molecule has 4 nitrogen and oxygen atoms in total.